The molecule has 0 unspecified atom stereocenters. The Hall–Kier alpha value is -0.980. The summed E-state index contributed by atoms with van der Waals surface area (Å²) >= 11 is 0. The first-order valence-electron chi connectivity index (χ1n) is 4.98. The fraction of sp³-hybridized carbons (Fsp3) is 0.500. The summed E-state index contributed by atoms with van der Waals surface area (Å²) in [6, 6.07) is 6.59. The van der Waals surface area contributed by atoms with Gasteiger partial charge in [-0.15, -0.1) is 0 Å². The van der Waals surface area contributed by atoms with Gasteiger partial charge in [-0.05, 0) is 24.0 Å². The molecule has 0 atom stereocenters. The van der Waals surface area contributed by atoms with E-state index in [4.69, 9.17) is 0 Å². The summed E-state index contributed by atoms with van der Waals surface area (Å²) in [4.78, 5) is 2.22. The Balaban J connectivity index is 3.21. The normalized spacial score (nSPS) is 10.2. The molecular weight excluding hydrogens is 158 g/mol. The quantitative estimate of drug-likeness (QED) is 0.686. The molecular formula is C12H19N. The van der Waals surface area contributed by atoms with Gasteiger partial charge in [0.15, 0.2) is 0 Å². The average molecular weight is 177 g/mol. The third-order valence-corrected chi connectivity index (χ3v) is 2.41. The van der Waals surface area contributed by atoms with Gasteiger partial charge in [0.1, 0.15) is 0 Å². The Labute approximate surface area is 81.4 Å². The second kappa shape index (κ2) is 4.31. The Kier molecular flexibility index (Phi) is 3.35. The predicted octanol–water partition coefficient (Wildman–Crippen LogP) is 2.88. The van der Waals surface area contributed by atoms with Gasteiger partial charge in [-0.3, -0.25) is 0 Å². The van der Waals surface area contributed by atoms with Crippen molar-refractivity contribution in [3.05, 3.63) is 29.3 Å². The molecule has 0 fully saturated rings. The molecule has 0 aliphatic carbocycles. The lowest BCUT2D eigenvalue weighted by Gasteiger charge is -2.20. The molecule has 0 bridgehead atoms. The van der Waals surface area contributed by atoms with Crippen LogP contribution < -0.4 is 4.90 Å². The van der Waals surface area contributed by atoms with Gasteiger partial charge >= 0.3 is 0 Å². The minimum absolute atomic E-state index is 1.11. The molecule has 0 amide bonds. The van der Waals surface area contributed by atoms with Gasteiger partial charge in [-0.2, -0.15) is 0 Å². The monoisotopic (exact) mass is 177 g/mol. The predicted molar refractivity (Wildman–Crippen MR) is 59.5 cm³/mol. The molecule has 1 heteroatoms. The van der Waals surface area contributed by atoms with E-state index in [9.17, 15) is 0 Å². The van der Waals surface area contributed by atoms with Crippen LogP contribution in [0, 0.1) is 0 Å². The summed E-state index contributed by atoms with van der Waals surface area (Å²) in [6.45, 7) is 4.42. The third kappa shape index (κ3) is 2.03. The first kappa shape index (κ1) is 10.1. The van der Waals surface area contributed by atoms with Crippen molar-refractivity contribution in [3.8, 4) is 0 Å². The molecule has 1 nitrogen and oxygen atoms in total. The molecule has 0 radical (unpaired) electrons. The zero-order valence-electron chi connectivity index (χ0n) is 9.09. The first-order chi connectivity index (χ1) is 6.20. The van der Waals surface area contributed by atoms with Gasteiger partial charge in [0, 0.05) is 19.8 Å². The molecule has 0 spiro atoms. The highest BCUT2D eigenvalue weighted by molar-refractivity contribution is 5.58. The van der Waals surface area contributed by atoms with Crippen LogP contribution in [0.25, 0.3) is 0 Å². The van der Waals surface area contributed by atoms with Crippen LogP contribution >= 0.6 is 0 Å². The molecule has 1 rings (SSSR count). The molecule has 0 aromatic heterocycles. The van der Waals surface area contributed by atoms with Crippen molar-refractivity contribution in [3.63, 3.8) is 0 Å². The Morgan fingerprint density at radius 3 is 1.77 bits per heavy atom. The van der Waals surface area contributed by atoms with Crippen LogP contribution in [0.3, 0.4) is 0 Å². The molecule has 13 heavy (non-hydrogen) atoms. The molecule has 0 heterocycles. The summed E-state index contributed by atoms with van der Waals surface area (Å²) in [6.07, 6.45) is 2.22. The van der Waals surface area contributed by atoms with Crippen molar-refractivity contribution < 1.29 is 0 Å². The van der Waals surface area contributed by atoms with Crippen molar-refractivity contribution in [2.24, 2.45) is 0 Å². The van der Waals surface area contributed by atoms with Crippen LogP contribution in [0.5, 0.6) is 0 Å². The van der Waals surface area contributed by atoms with Crippen LogP contribution in [0.2, 0.25) is 0 Å². The number of aryl methyl sites for hydroxylation is 2. The molecule has 72 valence electrons. The van der Waals surface area contributed by atoms with E-state index < -0.39 is 0 Å². The van der Waals surface area contributed by atoms with E-state index in [0.717, 1.165) is 12.8 Å². The number of nitrogens with zero attached hydrogens (tertiary/aromatic N) is 1. The van der Waals surface area contributed by atoms with Crippen LogP contribution in [0.1, 0.15) is 25.0 Å². The molecule has 1 aromatic carbocycles. The third-order valence-electron chi connectivity index (χ3n) is 2.41. The maximum absolute atomic E-state index is 2.22. The zero-order chi connectivity index (χ0) is 9.84. The number of para-hydroxylation sites is 1. The van der Waals surface area contributed by atoms with Gasteiger partial charge in [-0.25, -0.2) is 0 Å². The van der Waals surface area contributed by atoms with Crippen LogP contribution in [0.4, 0.5) is 5.69 Å². The lowest BCUT2D eigenvalue weighted by atomic mass is 10.0. The molecule has 0 N–H and O–H groups in total. The van der Waals surface area contributed by atoms with Crippen LogP contribution in [-0.4, -0.2) is 14.1 Å². The largest absolute Gasteiger partial charge is 0.377 e. The SMILES string of the molecule is CCc1cccc(CC)c1N(C)C. The van der Waals surface area contributed by atoms with Gasteiger partial charge in [0.05, 0.1) is 0 Å². The summed E-state index contributed by atoms with van der Waals surface area (Å²) in [5.74, 6) is 0. The maximum Gasteiger partial charge on any atom is 0.0425 e. The summed E-state index contributed by atoms with van der Waals surface area (Å²) < 4.78 is 0. The minimum atomic E-state index is 1.11. The molecule has 1 aromatic rings. The Bertz CT molecular complexity index is 254. The van der Waals surface area contributed by atoms with Crippen molar-refractivity contribution in [2.75, 3.05) is 19.0 Å². The Morgan fingerprint density at radius 2 is 1.46 bits per heavy atom. The van der Waals surface area contributed by atoms with E-state index in [0.29, 0.717) is 0 Å². The molecule has 0 saturated heterocycles. The Morgan fingerprint density at radius 1 is 1.00 bits per heavy atom. The smallest absolute Gasteiger partial charge is 0.0425 e. The minimum Gasteiger partial charge on any atom is -0.377 e. The van der Waals surface area contributed by atoms with E-state index >= 15 is 0 Å². The molecule has 0 aliphatic heterocycles. The summed E-state index contributed by atoms with van der Waals surface area (Å²) in [5.41, 5.74) is 4.31. The van der Waals surface area contributed by atoms with E-state index in [-0.39, 0.29) is 0 Å². The summed E-state index contributed by atoms with van der Waals surface area (Å²) in [7, 11) is 4.24. The standard InChI is InChI=1S/C12H19N/c1-5-10-8-7-9-11(6-2)12(10)13(3)4/h7-9H,5-6H2,1-4H3. The topological polar surface area (TPSA) is 3.24 Å². The number of hydrogen-bond acceptors (Lipinski definition) is 1. The number of anilines is 1. The number of rotatable bonds is 3. The maximum atomic E-state index is 2.22. The van der Waals surface area contributed by atoms with Gasteiger partial charge < -0.3 is 4.90 Å². The van der Waals surface area contributed by atoms with Gasteiger partial charge in [0.2, 0.25) is 0 Å². The van der Waals surface area contributed by atoms with Gasteiger partial charge in [0.25, 0.3) is 0 Å². The molecule has 0 saturated carbocycles. The van der Waals surface area contributed by atoms with Crippen molar-refractivity contribution in [1.29, 1.82) is 0 Å². The lowest BCUT2D eigenvalue weighted by molar-refractivity contribution is 1.01. The average Bonchev–Trinajstić information content (AvgIpc) is 2.16. The van der Waals surface area contributed by atoms with E-state index in [1.165, 1.54) is 16.8 Å². The first-order valence-corrected chi connectivity index (χ1v) is 4.98. The highest BCUT2D eigenvalue weighted by atomic mass is 15.1. The van der Waals surface area contributed by atoms with E-state index in [2.05, 4.69) is 51.0 Å². The van der Waals surface area contributed by atoms with Crippen molar-refractivity contribution in [1.82, 2.24) is 0 Å². The second-order valence-electron chi connectivity index (χ2n) is 3.53. The number of benzene rings is 1. The van der Waals surface area contributed by atoms with Crippen LogP contribution in [-0.2, 0) is 12.8 Å². The lowest BCUT2D eigenvalue weighted by Crippen LogP contribution is -2.13. The summed E-state index contributed by atoms with van der Waals surface area (Å²) in [5, 5.41) is 0. The zero-order valence-corrected chi connectivity index (χ0v) is 9.09. The number of hydrogen-bond donors (Lipinski definition) is 0. The highest BCUT2D eigenvalue weighted by Gasteiger charge is 2.06. The molecule has 0 aliphatic rings. The van der Waals surface area contributed by atoms with Crippen molar-refractivity contribution in [2.45, 2.75) is 26.7 Å². The fourth-order valence-electron chi connectivity index (χ4n) is 1.79. The van der Waals surface area contributed by atoms with Crippen molar-refractivity contribution >= 4 is 5.69 Å². The van der Waals surface area contributed by atoms with E-state index in [1.54, 1.807) is 0 Å². The van der Waals surface area contributed by atoms with Gasteiger partial charge in [-0.1, -0.05) is 32.0 Å². The highest BCUT2D eigenvalue weighted by Crippen LogP contribution is 2.24. The van der Waals surface area contributed by atoms with E-state index in [1.807, 2.05) is 0 Å². The second-order valence-corrected chi connectivity index (χ2v) is 3.53. The fourth-order valence-corrected chi connectivity index (χ4v) is 1.79. The van der Waals surface area contributed by atoms with Crippen LogP contribution in [0.15, 0.2) is 18.2 Å².